The number of nitrogens with one attached hydrogen (secondary N) is 1. The highest BCUT2D eigenvalue weighted by Gasteiger charge is 2.13. The Bertz CT molecular complexity index is 820. The zero-order valence-corrected chi connectivity index (χ0v) is 13.8. The van der Waals surface area contributed by atoms with Crippen molar-refractivity contribution in [2.45, 2.75) is 6.42 Å². The van der Waals surface area contributed by atoms with Crippen LogP contribution in [0.15, 0.2) is 45.5 Å². The first-order chi connectivity index (χ1) is 12.2. The first kappa shape index (κ1) is 16.6. The molecule has 1 aromatic carbocycles. The van der Waals surface area contributed by atoms with Gasteiger partial charge in [-0.3, -0.25) is 4.79 Å². The summed E-state index contributed by atoms with van der Waals surface area (Å²) in [6.07, 6.45) is 1.85. The van der Waals surface area contributed by atoms with E-state index >= 15 is 0 Å². The van der Waals surface area contributed by atoms with E-state index in [1.807, 2.05) is 0 Å². The van der Waals surface area contributed by atoms with E-state index in [0.717, 1.165) is 0 Å². The average Bonchev–Trinajstić information content (AvgIpc) is 3.33. The van der Waals surface area contributed by atoms with Gasteiger partial charge in [-0.1, -0.05) is 5.16 Å². The molecule has 8 nitrogen and oxygen atoms in total. The highest BCUT2D eigenvalue weighted by atomic mass is 16.5. The normalized spacial score (nSPS) is 10.5. The molecule has 0 saturated heterocycles. The lowest BCUT2D eigenvalue weighted by Gasteiger charge is -2.05. The van der Waals surface area contributed by atoms with E-state index in [-0.39, 0.29) is 11.7 Å². The molecule has 0 aliphatic carbocycles. The van der Waals surface area contributed by atoms with Crippen LogP contribution in [0, 0.1) is 0 Å². The zero-order valence-electron chi connectivity index (χ0n) is 13.8. The zero-order chi connectivity index (χ0) is 17.6. The molecule has 2 aromatic heterocycles. The Labute approximate surface area is 143 Å². The molecule has 25 heavy (non-hydrogen) atoms. The second kappa shape index (κ2) is 7.52. The fourth-order valence-corrected chi connectivity index (χ4v) is 2.19. The van der Waals surface area contributed by atoms with Crippen LogP contribution in [0.5, 0.6) is 11.5 Å². The lowest BCUT2D eigenvalue weighted by molar-refractivity contribution is 0.0925. The second-order valence-corrected chi connectivity index (χ2v) is 5.10. The monoisotopic (exact) mass is 343 g/mol. The molecule has 0 radical (unpaired) electrons. The van der Waals surface area contributed by atoms with Gasteiger partial charge in [-0.25, -0.2) is 0 Å². The van der Waals surface area contributed by atoms with Gasteiger partial charge in [0.25, 0.3) is 5.91 Å². The van der Waals surface area contributed by atoms with Gasteiger partial charge in [0, 0.05) is 24.6 Å². The quantitative estimate of drug-likeness (QED) is 0.702. The van der Waals surface area contributed by atoms with Crippen molar-refractivity contribution in [3.05, 3.63) is 48.2 Å². The molecule has 0 bridgehead atoms. The van der Waals surface area contributed by atoms with Crippen LogP contribution >= 0.6 is 0 Å². The summed E-state index contributed by atoms with van der Waals surface area (Å²) in [5.41, 5.74) is 0.714. The maximum Gasteiger partial charge on any atom is 0.286 e. The van der Waals surface area contributed by atoms with Crippen LogP contribution in [0.2, 0.25) is 0 Å². The van der Waals surface area contributed by atoms with Gasteiger partial charge >= 0.3 is 0 Å². The minimum Gasteiger partial charge on any atom is -0.497 e. The Morgan fingerprint density at radius 1 is 1.20 bits per heavy atom. The van der Waals surface area contributed by atoms with Crippen molar-refractivity contribution in [3.8, 4) is 22.9 Å². The molecule has 0 atom stereocenters. The van der Waals surface area contributed by atoms with Crippen molar-refractivity contribution in [1.82, 2.24) is 15.5 Å². The van der Waals surface area contributed by atoms with Crippen molar-refractivity contribution in [2.75, 3.05) is 20.8 Å². The lowest BCUT2D eigenvalue weighted by Crippen LogP contribution is -2.25. The van der Waals surface area contributed by atoms with Gasteiger partial charge in [0.2, 0.25) is 11.7 Å². The van der Waals surface area contributed by atoms with E-state index < -0.39 is 0 Å². The minimum absolute atomic E-state index is 0.259. The summed E-state index contributed by atoms with van der Waals surface area (Å²) in [6, 6.07) is 8.58. The maximum atomic E-state index is 11.8. The number of benzene rings is 1. The summed E-state index contributed by atoms with van der Waals surface area (Å²) >= 11 is 0. The van der Waals surface area contributed by atoms with Crippen LogP contribution in [0.4, 0.5) is 0 Å². The molecule has 2 heterocycles. The number of methoxy groups -OCH3 is 2. The van der Waals surface area contributed by atoms with Crippen molar-refractivity contribution >= 4 is 5.91 Å². The predicted octanol–water partition coefficient (Wildman–Crippen LogP) is 2.32. The van der Waals surface area contributed by atoms with Crippen molar-refractivity contribution < 1.29 is 23.2 Å². The fraction of sp³-hybridized carbons (Fsp3) is 0.235. The highest BCUT2D eigenvalue weighted by Crippen LogP contribution is 2.28. The number of ether oxygens (including phenoxy) is 2. The van der Waals surface area contributed by atoms with Crippen LogP contribution in [-0.4, -0.2) is 36.8 Å². The average molecular weight is 343 g/mol. The van der Waals surface area contributed by atoms with Gasteiger partial charge in [-0.2, -0.15) is 4.98 Å². The van der Waals surface area contributed by atoms with Gasteiger partial charge in [0.15, 0.2) is 5.76 Å². The summed E-state index contributed by atoms with van der Waals surface area (Å²) in [5, 5.41) is 6.68. The number of hydrogen-bond acceptors (Lipinski definition) is 7. The van der Waals surface area contributed by atoms with E-state index in [4.69, 9.17) is 18.4 Å². The SMILES string of the molecule is COc1cc(OC)cc(-c2noc(CCNC(=O)c3ccco3)n2)c1. The molecule has 8 heteroatoms. The van der Waals surface area contributed by atoms with Gasteiger partial charge in [-0.15, -0.1) is 0 Å². The molecule has 3 aromatic rings. The third-order valence-electron chi connectivity index (χ3n) is 3.45. The topological polar surface area (TPSA) is 99.6 Å². The van der Waals surface area contributed by atoms with Crippen molar-refractivity contribution in [2.24, 2.45) is 0 Å². The van der Waals surface area contributed by atoms with E-state index in [1.165, 1.54) is 6.26 Å². The summed E-state index contributed by atoms with van der Waals surface area (Å²) in [5.74, 6) is 2.07. The summed E-state index contributed by atoms with van der Waals surface area (Å²) in [4.78, 5) is 16.1. The van der Waals surface area contributed by atoms with E-state index in [9.17, 15) is 4.79 Å². The number of furan rings is 1. The fourth-order valence-electron chi connectivity index (χ4n) is 2.19. The molecular formula is C17H17N3O5. The largest absolute Gasteiger partial charge is 0.497 e. The number of carbonyl (C=O) groups is 1. The Kier molecular flexibility index (Phi) is 4.98. The molecule has 0 fully saturated rings. The second-order valence-electron chi connectivity index (χ2n) is 5.10. The number of amides is 1. The maximum absolute atomic E-state index is 11.8. The van der Waals surface area contributed by atoms with Gasteiger partial charge in [-0.05, 0) is 24.3 Å². The Morgan fingerprint density at radius 2 is 1.96 bits per heavy atom. The standard InChI is InChI=1S/C17H17N3O5/c1-22-12-8-11(9-13(10-12)23-2)16-19-15(25-20-16)5-6-18-17(21)14-4-3-7-24-14/h3-4,7-10H,5-6H2,1-2H3,(H,18,21). The molecular weight excluding hydrogens is 326 g/mol. The minimum atomic E-state index is -0.290. The third kappa shape index (κ3) is 3.97. The van der Waals surface area contributed by atoms with Gasteiger partial charge in [0.1, 0.15) is 11.5 Å². The number of carbonyl (C=O) groups excluding carboxylic acids is 1. The predicted molar refractivity (Wildman–Crippen MR) is 87.6 cm³/mol. The lowest BCUT2D eigenvalue weighted by atomic mass is 10.2. The molecule has 0 spiro atoms. The number of aromatic nitrogens is 2. The molecule has 0 saturated carbocycles. The number of hydrogen-bond donors (Lipinski definition) is 1. The Morgan fingerprint density at radius 3 is 2.60 bits per heavy atom. The smallest absolute Gasteiger partial charge is 0.286 e. The summed E-state index contributed by atoms with van der Waals surface area (Å²) in [6.45, 7) is 0.350. The molecule has 1 amide bonds. The first-order valence-electron chi connectivity index (χ1n) is 7.57. The van der Waals surface area contributed by atoms with Crippen LogP contribution in [0.1, 0.15) is 16.4 Å². The Hall–Kier alpha value is -3.29. The highest BCUT2D eigenvalue weighted by molar-refractivity contribution is 5.91. The number of nitrogens with zero attached hydrogens (tertiary/aromatic N) is 2. The van der Waals surface area contributed by atoms with Gasteiger partial charge < -0.3 is 23.7 Å². The van der Waals surface area contributed by atoms with Crippen LogP contribution in [0.25, 0.3) is 11.4 Å². The molecule has 3 rings (SSSR count). The van der Waals surface area contributed by atoms with Crippen molar-refractivity contribution in [1.29, 1.82) is 0 Å². The molecule has 0 aliphatic rings. The van der Waals surface area contributed by atoms with E-state index in [0.29, 0.717) is 41.7 Å². The first-order valence-corrected chi connectivity index (χ1v) is 7.57. The van der Waals surface area contributed by atoms with Crippen molar-refractivity contribution in [3.63, 3.8) is 0 Å². The Balaban J connectivity index is 1.63. The van der Waals surface area contributed by atoms with Crippen LogP contribution in [-0.2, 0) is 6.42 Å². The molecule has 130 valence electrons. The molecule has 0 aliphatic heterocycles. The van der Waals surface area contributed by atoms with Crippen LogP contribution in [0.3, 0.4) is 0 Å². The van der Waals surface area contributed by atoms with E-state index in [2.05, 4.69) is 15.5 Å². The van der Waals surface area contributed by atoms with Crippen LogP contribution < -0.4 is 14.8 Å². The molecule has 1 N–H and O–H groups in total. The molecule has 0 unspecified atom stereocenters. The number of rotatable bonds is 7. The van der Waals surface area contributed by atoms with Gasteiger partial charge in [0.05, 0.1) is 20.5 Å². The third-order valence-corrected chi connectivity index (χ3v) is 3.45. The summed E-state index contributed by atoms with van der Waals surface area (Å²) in [7, 11) is 3.14. The summed E-state index contributed by atoms with van der Waals surface area (Å²) < 4.78 is 20.7. The van der Waals surface area contributed by atoms with E-state index in [1.54, 1.807) is 44.6 Å².